The fourth-order valence-electron chi connectivity index (χ4n) is 7.86. The van der Waals surface area contributed by atoms with Crippen molar-refractivity contribution in [3.63, 3.8) is 0 Å². The number of aliphatic hydroxyl groups excluding tert-OH is 1. The molecule has 42 heavy (non-hydrogen) atoms. The van der Waals surface area contributed by atoms with Crippen molar-refractivity contribution in [3.8, 4) is 0 Å². The predicted molar refractivity (Wildman–Crippen MR) is 143 cm³/mol. The SMILES string of the molecule is CC(=O)OC1=C2C(C)[C@@H](O)C[C@@](O)([C@@H](OC(=O)c3ccccc3)C3[C@](C)(C1=O)C(F)C[C@H]1OC[C@@]31OC(C)=O)C2(C)C. The van der Waals surface area contributed by atoms with Crippen LogP contribution >= 0.6 is 0 Å². The van der Waals surface area contributed by atoms with E-state index in [1.165, 1.54) is 19.1 Å². The number of aliphatic hydroxyl groups is 2. The first-order chi connectivity index (χ1) is 19.5. The molecule has 9 atom stereocenters. The minimum absolute atomic E-state index is 0.102. The molecule has 2 saturated carbocycles. The van der Waals surface area contributed by atoms with Crippen LogP contribution in [0.1, 0.15) is 64.7 Å². The van der Waals surface area contributed by atoms with Crippen LogP contribution in [0, 0.1) is 22.7 Å². The van der Waals surface area contributed by atoms with Gasteiger partial charge < -0.3 is 29.2 Å². The Morgan fingerprint density at radius 3 is 2.26 bits per heavy atom. The van der Waals surface area contributed by atoms with Crippen LogP contribution in [-0.2, 0) is 33.3 Å². The summed E-state index contributed by atoms with van der Waals surface area (Å²) in [4.78, 5) is 53.2. The van der Waals surface area contributed by atoms with E-state index in [0.717, 1.165) is 13.8 Å². The average molecular weight is 589 g/mol. The molecule has 3 unspecified atom stereocenters. The monoisotopic (exact) mass is 588 g/mol. The fraction of sp³-hybridized carbons (Fsp3) is 0.613. The third-order valence-corrected chi connectivity index (χ3v) is 10.1. The molecule has 1 aromatic carbocycles. The van der Waals surface area contributed by atoms with Crippen LogP contribution < -0.4 is 0 Å². The van der Waals surface area contributed by atoms with Crippen molar-refractivity contribution in [1.82, 2.24) is 0 Å². The molecular weight excluding hydrogens is 551 g/mol. The molecule has 1 aromatic rings. The van der Waals surface area contributed by atoms with Crippen molar-refractivity contribution in [2.75, 3.05) is 6.61 Å². The lowest BCUT2D eigenvalue weighted by Crippen LogP contribution is -2.80. The molecule has 4 aliphatic rings. The molecule has 0 radical (unpaired) electrons. The molecule has 228 valence electrons. The van der Waals surface area contributed by atoms with E-state index in [-0.39, 0.29) is 30.6 Å². The highest BCUT2D eigenvalue weighted by Gasteiger charge is 2.78. The van der Waals surface area contributed by atoms with Gasteiger partial charge in [-0.2, -0.15) is 0 Å². The van der Waals surface area contributed by atoms with Gasteiger partial charge in [0.05, 0.1) is 29.6 Å². The van der Waals surface area contributed by atoms with E-state index in [0.29, 0.717) is 0 Å². The van der Waals surface area contributed by atoms with Crippen molar-refractivity contribution < 1.29 is 52.7 Å². The van der Waals surface area contributed by atoms with Crippen LogP contribution in [0.5, 0.6) is 0 Å². The van der Waals surface area contributed by atoms with Crippen molar-refractivity contribution in [2.24, 2.45) is 22.7 Å². The normalized spacial score (nSPS) is 40.4. The second-order valence-electron chi connectivity index (χ2n) is 12.8. The summed E-state index contributed by atoms with van der Waals surface area (Å²) in [5, 5.41) is 24.1. The summed E-state index contributed by atoms with van der Waals surface area (Å²) in [6.45, 7) is 8.12. The Morgan fingerprint density at radius 2 is 1.71 bits per heavy atom. The lowest BCUT2D eigenvalue weighted by molar-refractivity contribution is -0.340. The quantitative estimate of drug-likeness (QED) is 0.398. The first-order valence-corrected chi connectivity index (χ1v) is 14.1. The van der Waals surface area contributed by atoms with E-state index in [2.05, 4.69) is 0 Å². The third-order valence-electron chi connectivity index (χ3n) is 10.1. The van der Waals surface area contributed by atoms with Crippen LogP contribution in [0.25, 0.3) is 0 Å². The maximum atomic E-state index is 16.6. The van der Waals surface area contributed by atoms with Gasteiger partial charge in [0.25, 0.3) is 0 Å². The molecule has 1 saturated heterocycles. The number of Topliss-reactive ketones (excluding diaryl/α,β-unsaturated/α-hetero) is 1. The minimum Gasteiger partial charge on any atom is -0.455 e. The fourth-order valence-corrected chi connectivity index (χ4v) is 7.86. The zero-order valence-corrected chi connectivity index (χ0v) is 24.5. The van der Waals surface area contributed by atoms with E-state index in [4.69, 9.17) is 18.9 Å². The zero-order valence-electron chi connectivity index (χ0n) is 24.5. The molecule has 0 amide bonds. The summed E-state index contributed by atoms with van der Waals surface area (Å²) in [7, 11) is 0. The van der Waals surface area contributed by atoms with Crippen molar-refractivity contribution >= 4 is 23.7 Å². The number of carbonyl (C=O) groups is 4. The molecule has 1 aliphatic heterocycles. The second kappa shape index (κ2) is 9.96. The lowest BCUT2D eigenvalue weighted by Gasteiger charge is -2.66. The lowest BCUT2D eigenvalue weighted by atomic mass is 9.45. The van der Waals surface area contributed by atoms with Crippen LogP contribution in [0.15, 0.2) is 41.7 Å². The maximum Gasteiger partial charge on any atom is 0.338 e. The highest BCUT2D eigenvalue weighted by Crippen LogP contribution is 2.65. The van der Waals surface area contributed by atoms with Gasteiger partial charge in [-0.25, -0.2) is 9.18 Å². The van der Waals surface area contributed by atoms with E-state index in [9.17, 15) is 29.4 Å². The molecule has 0 spiro atoms. The Morgan fingerprint density at radius 1 is 1.07 bits per heavy atom. The maximum absolute atomic E-state index is 16.6. The molecule has 5 rings (SSSR count). The Kier molecular flexibility index (Phi) is 7.19. The largest absolute Gasteiger partial charge is 0.455 e. The number of halogens is 1. The van der Waals surface area contributed by atoms with Gasteiger partial charge in [0.15, 0.2) is 11.4 Å². The minimum atomic E-state index is -2.17. The van der Waals surface area contributed by atoms with E-state index >= 15 is 4.39 Å². The number of rotatable bonds is 4. The van der Waals surface area contributed by atoms with Gasteiger partial charge in [-0.05, 0) is 24.6 Å². The van der Waals surface area contributed by atoms with Gasteiger partial charge in [0.2, 0.25) is 5.78 Å². The first-order valence-electron chi connectivity index (χ1n) is 14.1. The van der Waals surface area contributed by atoms with Gasteiger partial charge in [-0.1, -0.05) is 39.0 Å². The number of benzene rings is 1. The molecule has 1 heterocycles. The molecule has 3 aliphatic carbocycles. The van der Waals surface area contributed by atoms with Crippen molar-refractivity contribution in [3.05, 3.63) is 47.2 Å². The number of hydrogen-bond acceptors (Lipinski definition) is 10. The number of allylic oxidation sites excluding steroid dienone is 1. The number of alkyl halides is 1. The van der Waals surface area contributed by atoms with Crippen molar-refractivity contribution in [1.29, 1.82) is 0 Å². The predicted octanol–water partition coefficient (Wildman–Crippen LogP) is 2.83. The van der Waals surface area contributed by atoms with E-state index in [1.54, 1.807) is 39.0 Å². The number of ether oxygens (including phenoxy) is 4. The van der Waals surface area contributed by atoms with Crippen LogP contribution in [-0.4, -0.2) is 76.2 Å². The molecule has 0 aromatic heterocycles. The Hall–Kier alpha value is -3.15. The number of ketones is 1. The van der Waals surface area contributed by atoms with Gasteiger partial charge in [0.1, 0.15) is 24.0 Å². The van der Waals surface area contributed by atoms with E-state index in [1.807, 2.05) is 0 Å². The van der Waals surface area contributed by atoms with Gasteiger partial charge >= 0.3 is 17.9 Å². The smallest absolute Gasteiger partial charge is 0.338 e. The number of hydrogen-bond donors (Lipinski definition) is 2. The summed E-state index contributed by atoms with van der Waals surface area (Å²) in [6.07, 6.45) is -6.60. The molecular formula is C31H37FO10. The summed E-state index contributed by atoms with van der Waals surface area (Å²) < 4.78 is 39.8. The summed E-state index contributed by atoms with van der Waals surface area (Å²) in [6, 6.07) is 7.94. The number of esters is 3. The summed E-state index contributed by atoms with van der Waals surface area (Å²) >= 11 is 0. The summed E-state index contributed by atoms with van der Waals surface area (Å²) in [5.41, 5.74) is -7.22. The molecule has 2 N–H and O–H groups in total. The molecule has 3 fully saturated rings. The Bertz CT molecular complexity index is 1360. The summed E-state index contributed by atoms with van der Waals surface area (Å²) in [5.74, 6) is -6.16. The van der Waals surface area contributed by atoms with Gasteiger partial charge in [-0.3, -0.25) is 14.4 Å². The van der Waals surface area contributed by atoms with E-state index < -0.39 is 87.8 Å². The standard InChI is InChI=1S/C31H37FO10/c1-15-19(35)13-31(38)26(41-27(37)18-10-8-7-9-11-18)24-29(6,20(32)12-21-30(24,14-39-21)42-17(3)34)25(36)23(40-16(2)33)22(15)28(31,4)5/h7-11,15,19-21,24,26,35,38H,12-14H2,1-6H3/t15?,19-,20?,21+,24?,26-,29+,30-,31+/m0/s1. The molecule has 10 nitrogen and oxygen atoms in total. The van der Waals surface area contributed by atoms with Crippen LogP contribution in [0.3, 0.4) is 0 Å². The molecule has 2 bridgehead atoms. The Balaban J connectivity index is 1.86. The highest BCUT2D eigenvalue weighted by molar-refractivity contribution is 6.02. The van der Waals surface area contributed by atoms with Crippen LogP contribution in [0.2, 0.25) is 0 Å². The van der Waals surface area contributed by atoms with Gasteiger partial charge in [-0.15, -0.1) is 0 Å². The molecule has 11 heteroatoms. The number of fused-ring (bicyclic) bond motifs is 5. The highest BCUT2D eigenvalue weighted by atomic mass is 19.1. The second-order valence-corrected chi connectivity index (χ2v) is 12.8. The van der Waals surface area contributed by atoms with Gasteiger partial charge in [0, 0.05) is 38.0 Å². The van der Waals surface area contributed by atoms with Crippen LogP contribution in [0.4, 0.5) is 4.39 Å². The third kappa shape index (κ3) is 4.07. The first kappa shape index (κ1) is 30.3. The zero-order chi connectivity index (χ0) is 31.0. The number of carbonyl (C=O) groups excluding carboxylic acids is 4. The average Bonchev–Trinajstić information content (AvgIpc) is 2.90. The topological polar surface area (TPSA) is 146 Å². The Labute approximate surface area is 243 Å². The van der Waals surface area contributed by atoms with Crippen molar-refractivity contribution in [2.45, 2.75) is 90.1 Å².